The topological polar surface area (TPSA) is 138 Å². The molecule has 3 aliphatic carbocycles. The van der Waals surface area contributed by atoms with E-state index in [1.807, 2.05) is 12.1 Å². The van der Waals surface area contributed by atoms with E-state index in [4.69, 9.17) is 14.7 Å². The maximum Gasteiger partial charge on any atom is 0.261 e. The largest absolute Gasteiger partial charge is 0.497 e. The van der Waals surface area contributed by atoms with E-state index in [9.17, 15) is 9.18 Å². The number of rotatable bonds is 7. The third kappa shape index (κ3) is 5.85. The molecule has 3 heterocycles. The number of H-pyrrole nitrogens is 1. The second kappa shape index (κ2) is 12.3. The van der Waals surface area contributed by atoms with Crippen LogP contribution in [0.4, 0.5) is 10.1 Å². The molecule has 12 nitrogen and oxygen atoms in total. The molecular weight excluding hydrogens is 599 g/mol. The number of benzene rings is 2. The van der Waals surface area contributed by atoms with E-state index in [0.717, 1.165) is 37.7 Å². The number of methoxy groups -OCH3 is 1. The summed E-state index contributed by atoms with van der Waals surface area (Å²) in [6.45, 7) is 12.1. The summed E-state index contributed by atoms with van der Waals surface area (Å²) in [4.78, 5) is 26.5. The van der Waals surface area contributed by atoms with Crippen LogP contribution in [0.3, 0.4) is 0 Å². The third-order valence-electron chi connectivity index (χ3n) is 10.9. The van der Waals surface area contributed by atoms with Gasteiger partial charge in [0.25, 0.3) is 5.56 Å². The number of fused-ring (bicyclic) bond motifs is 3. The number of anilines is 1. The van der Waals surface area contributed by atoms with Crippen molar-refractivity contribution >= 4 is 22.5 Å². The number of nitrogens with one attached hydrogen (secondary N) is 3. The van der Waals surface area contributed by atoms with E-state index in [1.54, 1.807) is 18.2 Å². The van der Waals surface area contributed by atoms with E-state index in [1.165, 1.54) is 24.2 Å². The van der Waals surface area contributed by atoms with Crippen molar-refractivity contribution in [2.45, 2.75) is 65.6 Å². The Labute approximate surface area is 273 Å². The molecule has 2 aromatic heterocycles. The van der Waals surface area contributed by atoms with Crippen LogP contribution in [0, 0.1) is 29.0 Å². The van der Waals surface area contributed by atoms with E-state index in [2.05, 4.69) is 63.9 Å². The summed E-state index contributed by atoms with van der Waals surface area (Å²) < 4.78 is 21.4. The fraction of sp³-hybridized carbons (Fsp3) is 0.529. The summed E-state index contributed by atoms with van der Waals surface area (Å²) >= 11 is 0. The maximum atomic E-state index is 14.8. The number of aryl methyl sites for hydroxylation is 1. The highest BCUT2D eigenvalue weighted by molar-refractivity contribution is 5.96. The van der Waals surface area contributed by atoms with Crippen LogP contribution in [-0.2, 0) is 13.0 Å². The van der Waals surface area contributed by atoms with Crippen molar-refractivity contribution in [1.82, 2.24) is 40.4 Å². The lowest BCUT2D eigenvalue weighted by Crippen LogP contribution is -2.57. The molecule has 4 fully saturated rings. The van der Waals surface area contributed by atoms with Crippen molar-refractivity contribution in [3.05, 3.63) is 58.1 Å². The highest BCUT2D eigenvalue weighted by Gasteiger charge is 2.56. The molecule has 4 aliphatic rings. The fourth-order valence-electron chi connectivity index (χ4n) is 7.92. The van der Waals surface area contributed by atoms with E-state index < -0.39 is 5.82 Å². The molecular formula is C34H43FN10O2. The van der Waals surface area contributed by atoms with Crippen LogP contribution in [0.25, 0.3) is 22.6 Å². The molecule has 1 saturated heterocycles. The first-order valence-electron chi connectivity index (χ1n) is 16.6. The molecule has 47 heavy (non-hydrogen) atoms. The Balaban J connectivity index is 1.21. The van der Waals surface area contributed by atoms with Crippen LogP contribution < -0.4 is 20.9 Å². The SMILES string of the molecule is COc1ccc(CCn2c(-c3nn[nH]n3)nc3cc(NC(=N[C@H]4C[C@@H]5C[C@H]([C@@H]4C)C5(C)C)N4CCN[C@@H](C)C4)ccc3c2=O)c(F)c1. The molecule has 248 valence electrons. The molecule has 4 aromatic rings. The Hall–Kier alpha value is -4.39. The van der Waals surface area contributed by atoms with Crippen molar-refractivity contribution in [3.8, 4) is 17.4 Å². The van der Waals surface area contributed by atoms with Crippen molar-refractivity contribution in [2.24, 2.45) is 28.2 Å². The van der Waals surface area contributed by atoms with Gasteiger partial charge in [-0.2, -0.15) is 5.21 Å². The van der Waals surface area contributed by atoms with Gasteiger partial charge in [-0.05, 0) is 84.4 Å². The number of tetrazole rings is 1. The van der Waals surface area contributed by atoms with Gasteiger partial charge in [-0.3, -0.25) is 9.36 Å². The Kier molecular flexibility index (Phi) is 8.19. The molecule has 5 atom stereocenters. The highest BCUT2D eigenvalue weighted by Crippen LogP contribution is 2.61. The van der Waals surface area contributed by atoms with Crippen LogP contribution >= 0.6 is 0 Å². The number of ether oxygens (including phenoxy) is 1. The van der Waals surface area contributed by atoms with Crippen molar-refractivity contribution in [2.75, 3.05) is 32.1 Å². The van der Waals surface area contributed by atoms with Gasteiger partial charge in [-0.15, -0.1) is 10.2 Å². The first-order valence-corrected chi connectivity index (χ1v) is 16.6. The number of hydrogen-bond donors (Lipinski definition) is 3. The summed E-state index contributed by atoms with van der Waals surface area (Å²) in [5, 5.41) is 22.0. The predicted octanol–water partition coefficient (Wildman–Crippen LogP) is 4.10. The summed E-state index contributed by atoms with van der Waals surface area (Å²) in [5.41, 5.74) is 1.87. The average Bonchev–Trinajstić information content (AvgIpc) is 3.60. The molecule has 0 amide bonds. The minimum atomic E-state index is -0.400. The monoisotopic (exact) mass is 642 g/mol. The minimum absolute atomic E-state index is 0.172. The number of guanidine groups is 1. The molecule has 0 radical (unpaired) electrons. The first kappa shape index (κ1) is 31.2. The van der Waals surface area contributed by atoms with Gasteiger partial charge in [0.15, 0.2) is 11.8 Å². The number of aromatic nitrogens is 6. The molecule has 2 bridgehead atoms. The Morgan fingerprint density at radius 3 is 2.74 bits per heavy atom. The molecule has 2 aromatic carbocycles. The van der Waals surface area contributed by atoms with Crippen LogP contribution in [0.2, 0.25) is 0 Å². The van der Waals surface area contributed by atoms with Gasteiger partial charge in [0.2, 0.25) is 5.82 Å². The van der Waals surface area contributed by atoms with Gasteiger partial charge in [0, 0.05) is 44.0 Å². The molecule has 1 aliphatic heterocycles. The van der Waals surface area contributed by atoms with Gasteiger partial charge >= 0.3 is 0 Å². The lowest BCUT2D eigenvalue weighted by Gasteiger charge is -2.61. The normalized spacial score (nSPS) is 25.4. The number of aromatic amines is 1. The molecule has 8 rings (SSSR count). The Bertz CT molecular complexity index is 1860. The average molecular weight is 643 g/mol. The van der Waals surface area contributed by atoms with E-state index >= 15 is 0 Å². The summed E-state index contributed by atoms with van der Waals surface area (Å²) in [6.07, 6.45) is 2.67. The summed E-state index contributed by atoms with van der Waals surface area (Å²) in [6, 6.07) is 10.9. The third-order valence-corrected chi connectivity index (χ3v) is 10.9. The van der Waals surface area contributed by atoms with Gasteiger partial charge < -0.3 is 20.3 Å². The van der Waals surface area contributed by atoms with E-state index in [0.29, 0.717) is 51.4 Å². The van der Waals surface area contributed by atoms with Crippen molar-refractivity contribution < 1.29 is 9.13 Å². The Morgan fingerprint density at radius 2 is 2.04 bits per heavy atom. The van der Waals surface area contributed by atoms with Crippen molar-refractivity contribution in [1.29, 1.82) is 0 Å². The quantitative estimate of drug-likeness (QED) is 0.201. The van der Waals surface area contributed by atoms with Gasteiger partial charge in [0.1, 0.15) is 11.6 Å². The molecule has 0 spiro atoms. The highest BCUT2D eigenvalue weighted by atomic mass is 19.1. The number of halogens is 1. The second-order valence-electron chi connectivity index (χ2n) is 14.0. The first-order chi connectivity index (χ1) is 22.6. The summed E-state index contributed by atoms with van der Waals surface area (Å²) in [5.74, 6) is 3.23. The van der Waals surface area contributed by atoms with Gasteiger partial charge in [0.05, 0.1) is 24.1 Å². The molecule has 13 heteroatoms. The van der Waals surface area contributed by atoms with Gasteiger partial charge in [-0.25, -0.2) is 14.4 Å². The Morgan fingerprint density at radius 1 is 1.19 bits per heavy atom. The van der Waals surface area contributed by atoms with Gasteiger partial charge in [-0.1, -0.05) is 26.8 Å². The molecule has 3 N–H and O–H groups in total. The predicted molar refractivity (Wildman–Crippen MR) is 179 cm³/mol. The van der Waals surface area contributed by atoms with Crippen LogP contribution in [0.5, 0.6) is 5.75 Å². The zero-order valence-corrected chi connectivity index (χ0v) is 27.6. The maximum absolute atomic E-state index is 14.8. The number of piperazine rings is 1. The standard InChI is InChI=1S/C34H43FN10O2/c1-19-18-44(13-11-36-19)33(39-28-15-22-14-26(20(28)2)34(22,3)4)37-23-7-9-25-29(16-23)38-31(30-40-42-43-41-30)45(32(25)46)12-10-21-6-8-24(47-5)17-27(21)35/h6-9,16-17,19-20,22,26,28,36H,10-15,18H2,1-5H3,(H,37,39)(H,40,41,42,43)/t19-,20-,22-,26+,28-/m0/s1. The number of hydrogen-bond acceptors (Lipinski definition) is 8. The fourth-order valence-corrected chi connectivity index (χ4v) is 7.92. The smallest absolute Gasteiger partial charge is 0.261 e. The molecule has 3 saturated carbocycles. The lowest BCUT2D eigenvalue weighted by atomic mass is 9.45. The number of aliphatic imine (C=N–C) groups is 1. The van der Waals surface area contributed by atoms with Crippen LogP contribution in [-0.4, -0.2) is 79.9 Å². The second-order valence-corrected chi connectivity index (χ2v) is 14.0. The minimum Gasteiger partial charge on any atom is -0.497 e. The molecule has 0 unspecified atom stereocenters. The van der Waals surface area contributed by atoms with Crippen LogP contribution in [0.1, 0.15) is 46.1 Å². The number of nitrogens with zero attached hydrogens (tertiary/aromatic N) is 7. The summed E-state index contributed by atoms with van der Waals surface area (Å²) in [7, 11) is 1.49. The van der Waals surface area contributed by atoms with Crippen molar-refractivity contribution in [3.63, 3.8) is 0 Å². The van der Waals surface area contributed by atoms with Crippen LogP contribution in [0.15, 0.2) is 46.2 Å². The zero-order chi connectivity index (χ0) is 32.9. The van der Waals surface area contributed by atoms with E-state index in [-0.39, 0.29) is 36.2 Å². The lowest BCUT2D eigenvalue weighted by molar-refractivity contribution is -0.108. The zero-order valence-electron chi connectivity index (χ0n) is 27.6.